The van der Waals surface area contributed by atoms with E-state index in [0.29, 0.717) is 40.0 Å². The normalized spacial score (nSPS) is 11.5. The third-order valence-electron chi connectivity index (χ3n) is 5.33. The minimum atomic E-state index is -0.804. The van der Waals surface area contributed by atoms with Gasteiger partial charge >= 0.3 is 5.97 Å². The lowest BCUT2D eigenvalue weighted by molar-refractivity contribution is -0.127. The summed E-state index contributed by atoms with van der Waals surface area (Å²) in [4.78, 5) is 24.9. The zero-order chi connectivity index (χ0) is 26.7. The van der Waals surface area contributed by atoms with Crippen LogP contribution in [0.5, 0.6) is 17.2 Å². The van der Waals surface area contributed by atoms with Crippen molar-refractivity contribution in [1.82, 2.24) is 5.43 Å². The maximum atomic E-state index is 12.5. The number of benzene rings is 4. The van der Waals surface area contributed by atoms with Gasteiger partial charge in [0, 0.05) is 10.6 Å². The van der Waals surface area contributed by atoms with E-state index in [1.54, 1.807) is 79.7 Å². The number of hydrogen-bond donors (Lipinski definition) is 1. The predicted molar refractivity (Wildman–Crippen MR) is 146 cm³/mol. The monoisotopic (exact) mass is 528 g/mol. The van der Waals surface area contributed by atoms with Crippen LogP contribution in [0.2, 0.25) is 5.02 Å². The zero-order valence-electron chi connectivity index (χ0n) is 20.5. The first-order valence-corrected chi connectivity index (χ1v) is 12.2. The van der Waals surface area contributed by atoms with Crippen LogP contribution in [0.1, 0.15) is 28.4 Å². The van der Waals surface area contributed by atoms with Crippen LogP contribution in [0.3, 0.4) is 0 Å². The third-order valence-corrected chi connectivity index (χ3v) is 5.59. The number of nitrogens with zero attached hydrogens (tertiary/aromatic N) is 1. The Balaban J connectivity index is 1.28. The van der Waals surface area contributed by atoms with Gasteiger partial charge in [-0.25, -0.2) is 10.2 Å². The number of para-hydroxylation sites is 1. The highest BCUT2D eigenvalue weighted by molar-refractivity contribution is 6.30. The van der Waals surface area contributed by atoms with Gasteiger partial charge in [-0.2, -0.15) is 5.10 Å². The molecular weight excluding hydrogens is 504 g/mol. The average molecular weight is 529 g/mol. The summed E-state index contributed by atoms with van der Waals surface area (Å²) in [6.07, 6.45) is 0.592. The van der Waals surface area contributed by atoms with Crippen LogP contribution in [0.15, 0.2) is 108 Å². The molecule has 0 radical (unpaired) electrons. The van der Waals surface area contributed by atoms with Crippen LogP contribution >= 0.6 is 11.6 Å². The van der Waals surface area contributed by atoms with E-state index in [4.69, 9.17) is 25.8 Å². The molecule has 38 heavy (non-hydrogen) atoms. The van der Waals surface area contributed by atoms with Gasteiger partial charge in [-0.3, -0.25) is 4.79 Å². The number of ether oxygens (including phenoxy) is 3. The van der Waals surface area contributed by atoms with Crippen LogP contribution in [-0.4, -0.2) is 24.2 Å². The highest BCUT2D eigenvalue weighted by atomic mass is 35.5. The van der Waals surface area contributed by atoms with Crippen molar-refractivity contribution >= 4 is 29.7 Å². The van der Waals surface area contributed by atoms with E-state index in [9.17, 15) is 9.59 Å². The molecule has 0 saturated heterocycles. The molecule has 0 saturated carbocycles. The maximum absolute atomic E-state index is 12.5. The number of halogens is 1. The van der Waals surface area contributed by atoms with E-state index in [-0.39, 0.29) is 0 Å². The fourth-order valence-corrected chi connectivity index (χ4v) is 3.42. The first kappa shape index (κ1) is 26.4. The van der Waals surface area contributed by atoms with Crippen LogP contribution in [0, 0.1) is 0 Å². The molecule has 7 nitrogen and oxygen atoms in total. The average Bonchev–Trinajstić information content (AvgIpc) is 2.94. The molecule has 192 valence electrons. The molecule has 0 aliphatic rings. The molecular formula is C30H25ClN2O5. The molecule has 0 aliphatic heterocycles. The lowest BCUT2D eigenvalue weighted by Crippen LogP contribution is -2.33. The summed E-state index contributed by atoms with van der Waals surface area (Å²) in [6.45, 7) is 2.08. The van der Waals surface area contributed by atoms with E-state index < -0.39 is 18.0 Å². The fraction of sp³-hybridized carbons (Fsp3) is 0.100. The Hall–Kier alpha value is -4.62. The largest absolute Gasteiger partial charge is 0.489 e. The molecule has 4 aromatic rings. The fourth-order valence-electron chi connectivity index (χ4n) is 3.29. The van der Waals surface area contributed by atoms with Gasteiger partial charge in [0.05, 0.1) is 11.8 Å². The molecule has 1 atom stereocenters. The number of hydrogen-bond acceptors (Lipinski definition) is 6. The quantitative estimate of drug-likeness (QED) is 0.117. The van der Waals surface area contributed by atoms with Gasteiger partial charge in [-0.05, 0) is 73.2 Å². The summed E-state index contributed by atoms with van der Waals surface area (Å²) >= 11 is 5.87. The lowest BCUT2D eigenvalue weighted by Gasteiger charge is -2.13. The van der Waals surface area contributed by atoms with Crippen molar-refractivity contribution in [2.24, 2.45) is 5.10 Å². The predicted octanol–water partition coefficient (Wildman–Crippen LogP) is 6.06. The molecule has 1 N–H and O–H groups in total. The lowest BCUT2D eigenvalue weighted by atomic mass is 10.2. The third kappa shape index (κ3) is 7.69. The van der Waals surface area contributed by atoms with Crippen molar-refractivity contribution < 1.29 is 23.8 Å². The van der Waals surface area contributed by atoms with Gasteiger partial charge in [-0.1, -0.05) is 54.1 Å². The number of amides is 1. The van der Waals surface area contributed by atoms with E-state index in [1.807, 2.05) is 30.3 Å². The molecule has 4 rings (SSSR count). The van der Waals surface area contributed by atoms with Crippen molar-refractivity contribution in [2.45, 2.75) is 19.6 Å². The first-order valence-electron chi connectivity index (χ1n) is 11.8. The summed E-state index contributed by atoms with van der Waals surface area (Å²) in [5, 5.41) is 4.51. The van der Waals surface area contributed by atoms with Gasteiger partial charge in [0.25, 0.3) is 5.91 Å². The molecule has 0 spiro atoms. The van der Waals surface area contributed by atoms with Gasteiger partial charge in [0.1, 0.15) is 23.9 Å². The number of hydrazone groups is 1. The minimum Gasteiger partial charge on any atom is -0.489 e. The SMILES string of the molecule is CC(Oc1ccc(OCc2ccccc2)cc1)C(=O)N/N=C/c1ccccc1OC(=O)c1ccc(Cl)cc1. The summed E-state index contributed by atoms with van der Waals surface area (Å²) < 4.78 is 17.0. The van der Waals surface area contributed by atoms with Crippen molar-refractivity contribution in [3.8, 4) is 17.2 Å². The van der Waals surface area contributed by atoms with E-state index >= 15 is 0 Å². The maximum Gasteiger partial charge on any atom is 0.343 e. The zero-order valence-corrected chi connectivity index (χ0v) is 21.3. The van der Waals surface area contributed by atoms with Crippen molar-refractivity contribution in [1.29, 1.82) is 0 Å². The highest BCUT2D eigenvalue weighted by Gasteiger charge is 2.15. The summed E-state index contributed by atoms with van der Waals surface area (Å²) in [7, 11) is 0. The Morgan fingerprint density at radius 2 is 1.53 bits per heavy atom. The van der Waals surface area contributed by atoms with Gasteiger partial charge in [0.15, 0.2) is 6.10 Å². The summed E-state index contributed by atoms with van der Waals surface area (Å²) in [5.41, 5.74) is 4.38. The molecule has 1 amide bonds. The Bertz CT molecular complexity index is 1390. The van der Waals surface area contributed by atoms with Gasteiger partial charge < -0.3 is 14.2 Å². The van der Waals surface area contributed by atoms with Crippen LogP contribution in [0.25, 0.3) is 0 Å². The minimum absolute atomic E-state index is 0.296. The first-order chi connectivity index (χ1) is 18.5. The topological polar surface area (TPSA) is 86.2 Å². The highest BCUT2D eigenvalue weighted by Crippen LogP contribution is 2.20. The molecule has 1 unspecified atom stereocenters. The van der Waals surface area contributed by atoms with Crippen LogP contribution < -0.4 is 19.6 Å². The number of carbonyl (C=O) groups is 2. The number of nitrogens with one attached hydrogen (secondary N) is 1. The second-order valence-corrected chi connectivity index (χ2v) is 8.61. The molecule has 0 aromatic heterocycles. The van der Waals surface area contributed by atoms with Crippen molar-refractivity contribution in [3.05, 3.63) is 125 Å². The van der Waals surface area contributed by atoms with Gasteiger partial charge in [0.2, 0.25) is 0 Å². The summed E-state index contributed by atoms with van der Waals surface area (Å²) in [6, 6.07) is 30.1. The molecule has 4 aromatic carbocycles. The van der Waals surface area contributed by atoms with Crippen LogP contribution in [-0.2, 0) is 11.4 Å². The number of rotatable bonds is 10. The Morgan fingerprint density at radius 1 is 0.868 bits per heavy atom. The molecule has 0 bridgehead atoms. The second-order valence-electron chi connectivity index (χ2n) is 8.17. The van der Waals surface area contributed by atoms with E-state index in [2.05, 4.69) is 10.5 Å². The smallest absolute Gasteiger partial charge is 0.343 e. The Morgan fingerprint density at radius 3 is 2.26 bits per heavy atom. The Labute approximate surface area is 225 Å². The van der Waals surface area contributed by atoms with Gasteiger partial charge in [-0.15, -0.1) is 0 Å². The Kier molecular flexibility index (Phi) is 9.10. The number of esters is 1. The molecule has 0 fully saturated rings. The molecule has 0 aliphatic carbocycles. The van der Waals surface area contributed by atoms with Crippen molar-refractivity contribution in [2.75, 3.05) is 0 Å². The van der Waals surface area contributed by atoms with Crippen LogP contribution in [0.4, 0.5) is 0 Å². The number of carbonyl (C=O) groups excluding carboxylic acids is 2. The molecule has 0 heterocycles. The van der Waals surface area contributed by atoms with Crippen molar-refractivity contribution in [3.63, 3.8) is 0 Å². The summed E-state index contributed by atoms with van der Waals surface area (Å²) in [5.74, 6) is 0.525. The van der Waals surface area contributed by atoms with E-state index in [1.165, 1.54) is 6.21 Å². The standard InChI is InChI=1S/C30H25ClN2O5/c1-21(37-27-17-15-26(16-18-27)36-20-22-7-3-2-4-8-22)29(34)33-32-19-24-9-5-6-10-28(24)38-30(35)23-11-13-25(31)14-12-23/h2-19,21H,20H2,1H3,(H,33,34)/b32-19+. The second kappa shape index (κ2) is 13.1. The molecule has 8 heteroatoms. The van der Waals surface area contributed by atoms with E-state index in [0.717, 1.165) is 5.56 Å².